The minimum atomic E-state index is -0.236. The zero-order chi connectivity index (χ0) is 17.4. The Morgan fingerprint density at radius 1 is 1.16 bits per heavy atom. The largest absolute Gasteiger partial charge is 0.508 e. The summed E-state index contributed by atoms with van der Waals surface area (Å²) in [7, 11) is 0. The molecular formula is C19H17ClN2O3. The summed E-state index contributed by atoms with van der Waals surface area (Å²) in [6.45, 7) is 1.04. The number of hydrogen-bond donors (Lipinski definition) is 2. The molecule has 2 aromatic rings. The number of hydrogen-bond acceptors (Lipinski definition) is 5. The molecule has 6 heteroatoms. The van der Waals surface area contributed by atoms with Crippen molar-refractivity contribution in [3.8, 4) is 11.8 Å². The highest BCUT2D eigenvalue weighted by molar-refractivity contribution is 6.31. The van der Waals surface area contributed by atoms with Crippen molar-refractivity contribution in [3.63, 3.8) is 0 Å². The fraction of sp³-hybridized carbons (Fsp3) is 0.316. The number of fused-ring (bicyclic) bond motifs is 3. The lowest BCUT2D eigenvalue weighted by atomic mass is 9.86. The summed E-state index contributed by atoms with van der Waals surface area (Å²) in [6, 6.07) is 12.9. The van der Waals surface area contributed by atoms with Crippen LogP contribution in [0.4, 0.5) is 5.69 Å². The Hall–Kier alpha value is -2.26. The van der Waals surface area contributed by atoms with Gasteiger partial charge in [0.05, 0.1) is 31.7 Å². The maximum atomic E-state index is 9.62. The van der Waals surface area contributed by atoms with Crippen LogP contribution in [0, 0.1) is 11.3 Å². The van der Waals surface area contributed by atoms with Crippen LogP contribution >= 0.6 is 11.6 Å². The number of rotatable bonds is 2. The molecule has 2 aromatic carbocycles. The van der Waals surface area contributed by atoms with Crippen LogP contribution in [0.5, 0.6) is 5.75 Å². The van der Waals surface area contributed by atoms with Crippen molar-refractivity contribution in [1.29, 1.82) is 5.26 Å². The van der Waals surface area contributed by atoms with E-state index in [-0.39, 0.29) is 24.0 Å². The topological polar surface area (TPSA) is 74.5 Å². The number of phenolic OH excluding ortho intramolecular Hbond substituents is 1. The van der Waals surface area contributed by atoms with Gasteiger partial charge in [0.15, 0.2) is 0 Å². The molecule has 2 aliphatic heterocycles. The zero-order valence-corrected chi connectivity index (χ0v) is 14.2. The molecule has 0 radical (unpaired) electrons. The first-order chi connectivity index (χ1) is 12.2. The molecule has 4 rings (SSSR count). The zero-order valence-electron chi connectivity index (χ0n) is 13.4. The van der Waals surface area contributed by atoms with Gasteiger partial charge in [-0.3, -0.25) is 0 Å². The van der Waals surface area contributed by atoms with Crippen LogP contribution in [0.2, 0.25) is 5.02 Å². The molecule has 0 saturated carbocycles. The number of nitrogens with zero attached hydrogens (tertiary/aromatic N) is 1. The van der Waals surface area contributed by atoms with Crippen molar-refractivity contribution in [2.45, 2.75) is 24.7 Å². The highest BCUT2D eigenvalue weighted by atomic mass is 35.5. The fourth-order valence-corrected chi connectivity index (χ4v) is 3.82. The standard InChI is InChI=1S/C19H17ClN2O3/c20-15-10-12(23)2-3-13(15)17-19-18(24-7-8-25-19)14-9-11(5-6-21)1-4-16(14)22-17/h1-4,9-10,17-19,22-23H,5,7-8H2. The van der Waals surface area contributed by atoms with Crippen LogP contribution < -0.4 is 5.32 Å². The van der Waals surface area contributed by atoms with Gasteiger partial charge in [-0.1, -0.05) is 23.7 Å². The van der Waals surface area contributed by atoms with Crippen molar-refractivity contribution in [1.82, 2.24) is 0 Å². The molecule has 2 aliphatic rings. The molecule has 1 saturated heterocycles. The number of benzene rings is 2. The molecule has 128 valence electrons. The summed E-state index contributed by atoms with van der Waals surface area (Å²) in [4.78, 5) is 0. The molecule has 25 heavy (non-hydrogen) atoms. The summed E-state index contributed by atoms with van der Waals surface area (Å²) in [6.07, 6.45) is -0.0993. The first-order valence-corrected chi connectivity index (χ1v) is 8.53. The van der Waals surface area contributed by atoms with E-state index in [9.17, 15) is 5.11 Å². The summed E-state index contributed by atoms with van der Waals surface area (Å²) < 4.78 is 12.0. The quantitative estimate of drug-likeness (QED) is 0.857. The molecule has 2 N–H and O–H groups in total. The van der Waals surface area contributed by atoms with E-state index in [4.69, 9.17) is 26.3 Å². The third-order valence-electron chi connectivity index (χ3n) is 4.65. The number of ether oxygens (including phenoxy) is 2. The Balaban J connectivity index is 1.77. The van der Waals surface area contributed by atoms with Crippen LogP contribution in [-0.2, 0) is 15.9 Å². The smallest absolute Gasteiger partial charge is 0.117 e. The van der Waals surface area contributed by atoms with Crippen molar-refractivity contribution in [3.05, 3.63) is 58.1 Å². The van der Waals surface area contributed by atoms with E-state index < -0.39 is 0 Å². The molecule has 0 amide bonds. The maximum Gasteiger partial charge on any atom is 0.117 e. The van der Waals surface area contributed by atoms with E-state index in [2.05, 4.69) is 11.4 Å². The number of nitrogens with one attached hydrogen (secondary N) is 1. The van der Waals surface area contributed by atoms with Gasteiger partial charge in [-0.2, -0.15) is 5.26 Å². The number of anilines is 1. The normalized spacial score (nSPS) is 24.6. The maximum absolute atomic E-state index is 9.62. The molecule has 1 fully saturated rings. The Kier molecular flexibility index (Phi) is 4.26. The average molecular weight is 357 g/mol. The molecule has 3 unspecified atom stereocenters. The highest BCUT2D eigenvalue weighted by Gasteiger charge is 2.41. The van der Waals surface area contributed by atoms with Gasteiger partial charge in [0.25, 0.3) is 0 Å². The van der Waals surface area contributed by atoms with Crippen molar-refractivity contribution < 1.29 is 14.6 Å². The van der Waals surface area contributed by atoms with Gasteiger partial charge in [0, 0.05) is 16.3 Å². The summed E-state index contributed by atoms with van der Waals surface area (Å²) in [5, 5.41) is 22.5. The van der Waals surface area contributed by atoms with E-state index in [1.54, 1.807) is 12.1 Å². The molecule has 0 spiro atoms. The first-order valence-electron chi connectivity index (χ1n) is 8.15. The van der Waals surface area contributed by atoms with Gasteiger partial charge in [-0.05, 0) is 35.4 Å². The molecular weight excluding hydrogens is 340 g/mol. The molecule has 0 bridgehead atoms. The predicted molar refractivity (Wildman–Crippen MR) is 93.7 cm³/mol. The third-order valence-corrected chi connectivity index (χ3v) is 4.98. The molecule has 2 heterocycles. The lowest BCUT2D eigenvalue weighted by Crippen LogP contribution is -2.43. The summed E-state index contributed by atoms with van der Waals surface area (Å²) >= 11 is 6.36. The minimum absolute atomic E-state index is 0.128. The van der Waals surface area contributed by atoms with Crippen LogP contribution in [0.15, 0.2) is 36.4 Å². The first kappa shape index (κ1) is 16.2. The average Bonchev–Trinajstić information content (AvgIpc) is 2.62. The van der Waals surface area contributed by atoms with Gasteiger partial charge in [0.1, 0.15) is 18.0 Å². The van der Waals surface area contributed by atoms with E-state index in [0.29, 0.717) is 24.7 Å². The Morgan fingerprint density at radius 2 is 2.00 bits per heavy atom. The van der Waals surface area contributed by atoms with E-state index in [0.717, 1.165) is 22.4 Å². The van der Waals surface area contributed by atoms with Gasteiger partial charge < -0.3 is 19.9 Å². The van der Waals surface area contributed by atoms with Crippen LogP contribution in [0.1, 0.15) is 28.8 Å². The second-order valence-electron chi connectivity index (χ2n) is 6.21. The SMILES string of the molecule is N#CCc1ccc2c(c1)C1OCCOC1C(c1ccc(O)cc1Cl)N2. The van der Waals surface area contributed by atoms with Crippen molar-refractivity contribution >= 4 is 17.3 Å². The second-order valence-corrected chi connectivity index (χ2v) is 6.62. The second kappa shape index (κ2) is 6.57. The number of phenols is 1. The van der Waals surface area contributed by atoms with Crippen molar-refractivity contribution in [2.24, 2.45) is 0 Å². The van der Waals surface area contributed by atoms with Gasteiger partial charge in [-0.15, -0.1) is 0 Å². The van der Waals surface area contributed by atoms with Gasteiger partial charge in [0.2, 0.25) is 0 Å². The van der Waals surface area contributed by atoms with E-state index in [1.165, 1.54) is 6.07 Å². The number of halogens is 1. The monoisotopic (exact) mass is 356 g/mol. The molecule has 3 atom stereocenters. The molecule has 0 aliphatic carbocycles. The highest BCUT2D eigenvalue weighted by Crippen LogP contribution is 2.46. The minimum Gasteiger partial charge on any atom is -0.508 e. The van der Waals surface area contributed by atoms with Crippen LogP contribution in [0.25, 0.3) is 0 Å². The molecule has 5 nitrogen and oxygen atoms in total. The van der Waals surface area contributed by atoms with Crippen molar-refractivity contribution in [2.75, 3.05) is 18.5 Å². The fourth-order valence-electron chi connectivity index (χ4n) is 3.53. The van der Waals surface area contributed by atoms with Gasteiger partial charge in [-0.25, -0.2) is 0 Å². The van der Waals surface area contributed by atoms with Crippen LogP contribution in [0.3, 0.4) is 0 Å². The van der Waals surface area contributed by atoms with Crippen LogP contribution in [-0.4, -0.2) is 24.4 Å². The van der Waals surface area contributed by atoms with E-state index in [1.807, 2.05) is 18.2 Å². The van der Waals surface area contributed by atoms with E-state index >= 15 is 0 Å². The Labute approximate surface area is 150 Å². The number of aromatic hydroxyl groups is 1. The third kappa shape index (κ3) is 2.93. The van der Waals surface area contributed by atoms with Gasteiger partial charge >= 0.3 is 0 Å². The lowest BCUT2D eigenvalue weighted by Gasteiger charge is -2.43. The Bertz CT molecular complexity index is 849. The Morgan fingerprint density at radius 3 is 2.80 bits per heavy atom. The lowest BCUT2D eigenvalue weighted by molar-refractivity contribution is -0.151. The summed E-state index contributed by atoms with van der Waals surface area (Å²) in [5.41, 5.74) is 3.76. The summed E-state index contributed by atoms with van der Waals surface area (Å²) in [5.74, 6) is 0.128. The predicted octanol–water partition coefficient (Wildman–Crippen LogP) is 3.73. The molecule has 0 aromatic heterocycles. The number of nitriles is 1.